The van der Waals surface area contributed by atoms with Gasteiger partial charge in [0.15, 0.2) is 0 Å². The van der Waals surface area contributed by atoms with E-state index in [0.717, 1.165) is 13.0 Å². The first-order valence-electron chi connectivity index (χ1n) is 5.03. The van der Waals surface area contributed by atoms with E-state index in [4.69, 9.17) is 5.11 Å². The van der Waals surface area contributed by atoms with Gasteiger partial charge in [0.05, 0.1) is 0 Å². The highest BCUT2D eigenvalue weighted by Gasteiger charge is 2.23. The Hall–Kier alpha value is -1.39. The molecule has 15 heavy (non-hydrogen) atoms. The van der Waals surface area contributed by atoms with Gasteiger partial charge < -0.3 is 5.11 Å². The molecule has 1 aromatic rings. The number of carboxylic acid groups (broad SMARTS) is 1. The van der Waals surface area contributed by atoms with Gasteiger partial charge in [-0.05, 0) is 12.0 Å². The van der Waals surface area contributed by atoms with Crippen molar-refractivity contribution < 1.29 is 9.90 Å². The predicted octanol–water partition coefficient (Wildman–Crippen LogP) is 1.02. The van der Waals surface area contributed by atoms with Crippen LogP contribution in [0.5, 0.6) is 0 Å². The van der Waals surface area contributed by atoms with Gasteiger partial charge in [-0.2, -0.15) is 0 Å². The monoisotopic (exact) mass is 206 g/mol. The molecule has 1 aliphatic heterocycles. The Labute approximate surface area is 88.5 Å². The first kappa shape index (κ1) is 10.1. The fourth-order valence-corrected chi connectivity index (χ4v) is 1.85. The number of hydrogen-bond acceptors (Lipinski definition) is 3. The quantitative estimate of drug-likeness (QED) is 0.775. The van der Waals surface area contributed by atoms with Gasteiger partial charge in [-0.15, -0.1) is 0 Å². The molecule has 0 aliphatic carbocycles. The molecule has 1 aliphatic rings. The molecule has 0 spiro atoms. The molecular formula is C11H14N2O2. The number of hydrogen-bond donors (Lipinski definition) is 2. The zero-order chi connectivity index (χ0) is 10.7. The molecule has 2 rings (SSSR count). The number of rotatable bonds is 3. The van der Waals surface area contributed by atoms with Crippen molar-refractivity contribution in [3.63, 3.8) is 0 Å². The maximum Gasteiger partial charge on any atom is 0.319 e. The van der Waals surface area contributed by atoms with E-state index in [0.29, 0.717) is 0 Å². The lowest BCUT2D eigenvalue weighted by Gasteiger charge is -2.15. The summed E-state index contributed by atoms with van der Waals surface area (Å²) in [6, 6.07) is 10.3. The molecule has 80 valence electrons. The number of carbonyl (C=O) groups is 1. The first-order chi connectivity index (χ1) is 7.25. The van der Waals surface area contributed by atoms with Crippen molar-refractivity contribution in [2.75, 3.05) is 13.1 Å². The molecule has 0 bridgehead atoms. The van der Waals surface area contributed by atoms with E-state index < -0.39 is 5.97 Å². The molecule has 1 fully saturated rings. The highest BCUT2D eigenvalue weighted by molar-refractivity contribution is 5.69. The van der Waals surface area contributed by atoms with Gasteiger partial charge in [0.2, 0.25) is 0 Å². The second kappa shape index (κ2) is 4.42. The van der Waals surface area contributed by atoms with Crippen molar-refractivity contribution in [3.8, 4) is 0 Å². The molecule has 1 heterocycles. The third kappa shape index (κ3) is 2.55. The highest BCUT2D eigenvalue weighted by Crippen LogP contribution is 2.21. The van der Waals surface area contributed by atoms with Gasteiger partial charge >= 0.3 is 5.97 Å². The van der Waals surface area contributed by atoms with Gasteiger partial charge in [-0.25, -0.2) is 10.4 Å². The van der Waals surface area contributed by atoms with Crippen LogP contribution in [0.1, 0.15) is 18.0 Å². The van der Waals surface area contributed by atoms with Crippen molar-refractivity contribution >= 4 is 5.97 Å². The smallest absolute Gasteiger partial charge is 0.319 e. The Kier molecular flexibility index (Phi) is 2.99. The molecule has 0 radical (unpaired) electrons. The first-order valence-corrected chi connectivity index (χ1v) is 5.03. The number of aliphatic carboxylic acids is 1. The summed E-state index contributed by atoms with van der Waals surface area (Å²) in [4.78, 5) is 10.5. The van der Waals surface area contributed by atoms with Crippen molar-refractivity contribution in [3.05, 3.63) is 35.9 Å². The molecule has 4 heteroatoms. The van der Waals surface area contributed by atoms with Crippen molar-refractivity contribution in [2.24, 2.45) is 0 Å². The van der Waals surface area contributed by atoms with E-state index in [1.807, 2.05) is 18.2 Å². The number of benzene rings is 1. The van der Waals surface area contributed by atoms with Crippen LogP contribution in [0.2, 0.25) is 0 Å². The molecule has 0 saturated carbocycles. The number of nitrogens with zero attached hydrogens (tertiary/aromatic N) is 1. The minimum atomic E-state index is -0.795. The topological polar surface area (TPSA) is 52.6 Å². The van der Waals surface area contributed by atoms with E-state index in [1.54, 1.807) is 5.01 Å². The number of nitrogens with one attached hydrogen (secondary N) is 1. The minimum Gasteiger partial charge on any atom is -0.480 e. The second-order valence-corrected chi connectivity index (χ2v) is 3.70. The zero-order valence-corrected chi connectivity index (χ0v) is 8.39. The molecule has 1 saturated heterocycles. The summed E-state index contributed by atoms with van der Waals surface area (Å²) >= 11 is 0. The van der Waals surface area contributed by atoms with E-state index in [-0.39, 0.29) is 12.6 Å². The number of carboxylic acids is 1. The number of hydrazine groups is 1. The normalized spacial score (nSPS) is 21.7. The molecule has 4 nitrogen and oxygen atoms in total. The lowest BCUT2D eigenvalue weighted by atomic mass is 10.1. The van der Waals surface area contributed by atoms with E-state index in [2.05, 4.69) is 17.6 Å². The summed E-state index contributed by atoms with van der Waals surface area (Å²) in [5, 5.41) is 10.4. The fourth-order valence-electron chi connectivity index (χ4n) is 1.85. The molecule has 1 atom stereocenters. The Morgan fingerprint density at radius 2 is 2.20 bits per heavy atom. The van der Waals surface area contributed by atoms with Crippen molar-refractivity contribution in [1.29, 1.82) is 0 Å². The summed E-state index contributed by atoms with van der Waals surface area (Å²) in [5.74, 6) is -0.795. The van der Waals surface area contributed by atoms with Crippen LogP contribution in [0.15, 0.2) is 30.3 Å². The Bertz CT molecular complexity index is 340. The highest BCUT2D eigenvalue weighted by atomic mass is 16.4. The minimum absolute atomic E-state index is 0.0589. The third-order valence-electron chi connectivity index (χ3n) is 2.55. The summed E-state index contributed by atoms with van der Waals surface area (Å²) in [5.41, 5.74) is 4.40. The average Bonchev–Trinajstić information content (AvgIpc) is 2.67. The fraction of sp³-hybridized carbons (Fsp3) is 0.364. The van der Waals surface area contributed by atoms with Gasteiger partial charge in [0.25, 0.3) is 0 Å². The maximum absolute atomic E-state index is 10.5. The van der Waals surface area contributed by atoms with Crippen LogP contribution in [0.3, 0.4) is 0 Å². The van der Waals surface area contributed by atoms with E-state index in [1.165, 1.54) is 5.56 Å². The molecular weight excluding hydrogens is 192 g/mol. The van der Waals surface area contributed by atoms with Crippen LogP contribution < -0.4 is 5.43 Å². The predicted molar refractivity (Wildman–Crippen MR) is 56.1 cm³/mol. The van der Waals surface area contributed by atoms with E-state index in [9.17, 15) is 4.79 Å². The standard InChI is InChI=1S/C11H14N2O2/c14-11(15)8-13-7-6-10(12-13)9-4-2-1-3-5-9/h1-5,10,12H,6-8H2,(H,14,15). The van der Waals surface area contributed by atoms with Crippen molar-refractivity contribution in [2.45, 2.75) is 12.5 Å². The van der Waals surface area contributed by atoms with E-state index >= 15 is 0 Å². The van der Waals surface area contributed by atoms with Crippen LogP contribution in [0.25, 0.3) is 0 Å². The summed E-state index contributed by atoms with van der Waals surface area (Å²) in [7, 11) is 0. The largest absolute Gasteiger partial charge is 0.480 e. The average molecular weight is 206 g/mol. The Morgan fingerprint density at radius 3 is 2.87 bits per heavy atom. The lowest BCUT2D eigenvalue weighted by molar-refractivity contribution is -0.138. The molecule has 0 amide bonds. The molecule has 0 aromatic heterocycles. The van der Waals surface area contributed by atoms with Crippen LogP contribution in [-0.4, -0.2) is 29.2 Å². The Morgan fingerprint density at radius 1 is 1.47 bits per heavy atom. The third-order valence-corrected chi connectivity index (χ3v) is 2.55. The van der Waals surface area contributed by atoms with Crippen molar-refractivity contribution in [1.82, 2.24) is 10.4 Å². The Balaban J connectivity index is 1.96. The van der Waals surface area contributed by atoms with Crippen LogP contribution in [0, 0.1) is 0 Å². The summed E-state index contributed by atoms with van der Waals surface area (Å²) in [6.45, 7) is 0.842. The summed E-state index contributed by atoms with van der Waals surface area (Å²) < 4.78 is 0. The second-order valence-electron chi connectivity index (χ2n) is 3.70. The van der Waals surface area contributed by atoms with Gasteiger partial charge in [0.1, 0.15) is 6.54 Å². The van der Waals surface area contributed by atoms with Crippen LogP contribution >= 0.6 is 0 Å². The lowest BCUT2D eigenvalue weighted by Crippen LogP contribution is -2.36. The van der Waals surface area contributed by atoms with Crippen LogP contribution in [0.4, 0.5) is 0 Å². The van der Waals surface area contributed by atoms with Crippen LogP contribution in [-0.2, 0) is 4.79 Å². The summed E-state index contributed by atoms with van der Waals surface area (Å²) in [6.07, 6.45) is 0.956. The SMILES string of the molecule is O=C(O)CN1CCC(c2ccccc2)N1. The van der Waals surface area contributed by atoms with Gasteiger partial charge in [-0.1, -0.05) is 30.3 Å². The zero-order valence-electron chi connectivity index (χ0n) is 8.39. The maximum atomic E-state index is 10.5. The molecule has 1 unspecified atom stereocenters. The molecule has 2 N–H and O–H groups in total. The van der Waals surface area contributed by atoms with Gasteiger partial charge in [-0.3, -0.25) is 4.79 Å². The van der Waals surface area contributed by atoms with Gasteiger partial charge in [0, 0.05) is 12.6 Å². The molecule has 1 aromatic carbocycles.